The quantitative estimate of drug-likeness (QED) is 0.689. The van der Waals surface area contributed by atoms with Crippen LogP contribution in [-0.2, 0) is 4.74 Å². The van der Waals surface area contributed by atoms with Crippen molar-refractivity contribution in [1.29, 1.82) is 0 Å². The van der Waals surface area contributed by atoms with Gasteiger partial charge in [0.15, 0.2) is 0 Å². The first kappa shape index (κ1) is 16.9. The molecule has 0 aromatic heterocycles. The van der Waals surface area contributed by atoms with Gasteiger partial charge in [-0.2, -0.15) is 0 Å². The summed E-state index contributed by atoms with van der Waals surface area (Å²) in [5.41, 5.74) is -0.509. The molecular weight excluding hydrogens is 238 g/mol. The van der Waals surface area contributed by atoms with Crippen LogP contribution >= 0.6 is 0 Å². The third-order valence-corrected chi connectivity index (χ3v) is 4.47. The minimum absolute atomic E-state index is 0.445. The number of piperidine rings is 1. The standard InChI is InChI=1S/C16H33NO2/c1-5-15(6-2)19-13-7-10-17-11-8-14(9-12-17)16(3,4)18/h14-15,18H,5-13H2,1-4H3. The smallest absolute Gasteiger partial charge is 0.0620 e. The Morgan fingerprint density at radius 2 is 1.79 bits per heavy atom. The van der Waals surface area contributed by atoms with Gasteiger partial charge in [-0.1, -0.05) is 13.8 Å². The van der Waals surface area contributed by atoms with Gasteiger partial charge >= 0.3 is 0 Å². The molecule has 0 saturated carbocycles. The molecule has 1 aliphatic heterocycles. The van der Waals surface area contributed by atoms with Crippen molar-refractivity contribution in [2.24, 2.45) is 5.92 Å². The van der Waals surface area contributed by atoms with Gasteiger partial charge in [0.25, 0.3) is 0 Å². The van der Waals surface area contributed by atoms with Crippen LogP contribution in [0, 0.1) is 5.92 Å². The molecule has 114 valence electrons. The molecule has 0 spiro atoms. The second-order valence-electron chi connectivity index (χ2n) is 6.43. The van der Waals surface area contributed by atoms with Gasteiger partial charge in [0, 0.05) is 13.2 Å². The van der Waals surface area contributed by atoms with E-state index >= 15 is 0 Å². The Kier molecular flexibility index (Phi) is 7.33. The SMILES string of the molecule is CCC(CC)OCCCN1CCC(C(C)(C)O)CC1. The molecule has 0 aromatic rings. The van der Waals surface area contributed by atoms with Gasteiger partial charge in [0.2, 0.25) is 0 Å². The first-order valence-corrected chi connectivity index (χ1v) is 8.03. The number of ether oxygens (including phenoxy) is 1. The highest BCUT2D eigenvalue weighted by Gasteiger charge is 2.30. The van der Waals surface area contributed by atoms with E-state index in [9.17, 15) is 5.11 Å². The third-order valence-electron chi connectivity index (χ3n) is 4.47. The van der Waals surface area contributed by atoms with E-state index in [1.54, 1.807) is 0 Å². The normalized spacial score (nSPS) is 19.3. The molecule has 0 bridgehead atoms. The Balaban J connectivity index is 2.10. The second-order valence-corrected chi connectivity index (χ2v) is 6.43. The first-order chi connectivity index (χ1) is 8.97. The van der Waals surface area contributed by atoms with Crippen molar-refractivity contribution in [2.75, 3.05) is 26.2 Å². The highest BCUT2D eigenvalue weighted by Crippen LogP contribution is 2.27. The molecule has 1 fully saturated rings. The summed E-state index contributed by atoms with van der Waals surface area (Å²) in [7, 11) is 0. The van der Waals surface area contributed by atoms with Crippen molar-refractivity contribution in [3.8, 4) is 0 Å². The van der Waals surface area contributed by atoms with E-state index in [2.05, 4.69) is 18.7 Å². The van der Waals surface area contributed by atoms with E-state index < -0.39 is 5.60 Å². The van der Waals surface area contributed by atoms with E-state index in [0.29, 0.717) is 12.0 Å². The van der Waals surface area contributed by atoms with Crippen LogP contribution in [0.15, 0.2) is 0 Å². The average Bonchev–Trinajstić information content (AvgIpc) is 2.38. The van der Waals surface area contributed by atoms with Crippen LogP contribution < -0.4 is 0 Å². The van der Waals surface area contributed by atoms with Crippen LogP contribution in [0.3, 0.4) is 0 Å². The van der Waals surface area contributed by atoms with Gasteiger partial charge in [-0.15, -0.1) is 0 Å². The average molecular weight is 271 g/mol. The predicted molar refractivity (Wildman–Crippen MR) is 80.4 cm³/mol. The van der Waals surface area contributed by atoms with Crippen LogP contribution in [0.1, 0.15) is 59.8 Å². The van der Waals surface area contributed by atoms with E-state index in [1.807, 2.05) is 13.8 Å². The molecule has 0 amide bonds. The fraction of sp³-hybridized carbons (Fsp3) is 1.00. The Morgan fingerprint density at radius 3 is 2.26 bits per heavy atom. The molecule has 1 aliphatic rings. The monoisotopic (exact) mass is 271 g/mol. The molecular formula is C16H33NO2. The minimum Gasteiger partial charge on any atom is -0.390 e. The Bertz CT molecular complexity index is 225. The lowest BCUT2D eigenvalue weighted by atomic mass is 9.83. The zero-order chi connectivity index (χ0) is 14.3. The molecule has 1 rings (SSSR count). The van der Waals surface area contributed by atoms with Gasteiger partial charge in [-0.25, -0.2) is 0 Å². The second kappa shape index (κ2) is 8.23. The van der Waals surface area contributed by atoms with Gasteiger partial charge in [-0.3, -0.25) is 0 Å². The molecule has 0 aromatic carbocycles. The van der Waals surface area contributed by atoms with Gasteiger partial charge in [-0.05, 0) is 65.0 Å². The lowest BCUT2D eigenvalue weighted by molar-refractivity contribution is -0.0148. The Labute approximate surface area is 119 Å². The van der Waals surface area contributed by atoms with E-state index in [1.165, 1.54) is 0 Å². The molecule has 0 atom stereocenters. The van der Waals surface area contributed by atoms with Crippen molar-refractivity contribution in [1.82, 2.24) is 4.90 Å². The molecule has 1 N–H and O–H groups in total. The zero-order valence-electron chi connectivity index (χ0n) is 13.3. The maximum Gasteiger partial charge on any atom is 0.0620 e. The molecule has 1 heterocycles. The summed E-state index contributed by atoms with van der Waals surface area (Å²) in [6.07, 6.45) is 6.05. The summed E-state index contributed by atoms with van der Waals surface area (Å²) in [4.78, 5) is 2.51. The third kappa shape index (κ3) is 6.24. The molecule has 1 saturated heterocycles. The number of aliphatic hydroxyl groups is 1. The topological polar surface area (TPSA) is 32.7 Å². The van der Waals surface area contributed by atoms with Crippen molar-refractivity contribution < 1.29 is 9.84 Å². The number of hydrogen-bond acceptors (Lipinski definition) is 3. The lowest BCUT2D eigenvalue weighted by Crippen LogP contribution is -2.42. The summed E-state index contributed by atoms with van der Waals surface area (Å²) in [6, 6.07) is 0. The zero-order valence-corrected chi connectivity index (χ0v) is 13.3. The molecule has 19 heavy (non-hydrogen) atoms. The predicted octanol–water partition coefficient (Wildman–Crippen LogP) is 3.06. The van der Waals surface area contributed by atoms with Gasteiger partial charge < -0.3 is 14.7 Å². The number of likely N-dealkylation sites (tertiary alicyclic amines) is 1. The van der Waals surface area contributed by atoms with Crippen molar-refractivity contribution in [3.63, 3.8) is 0 Å². The minimum atomic E-state index is -0.509. The van der Waals surface area contributed by atoms with Crippen molar-refractivity contribution >= 4 is 0 Å². The fourth-order valence-electron chi connectivity index (χ4n) is 2.93. The number of rotatable bonds is 8. The van der Waals surface area contributed by atoms with E-state index in [0.717, 1.165) is 58.3 Å². The fourth-order valence-corrected chi connectivity index (χ4v) is 2.93. The largest absolute Gasteiger partial charge is 0.390 e. The molecule has 0 unspecified atom stereocenters. The van der Waals surface area contributed by atoms with Gasteiger partial charge in [0.1, 0.15) is 0 Å². The Morgan fingerprint density at radius 1 is 1.21 bits per heavy atom. The lowest BCUT2D eigenvalue weighted by Gasteiger charge is -2.37. The van der Waals surface area contributed by atoms with Crippen LogP contribution in [0.25, 0.3) is 0 Å². The van der Waals surface area contributed by atoms with Crippen LogP contribution in [0.4, 0.5) is 0 Å². The summed E-state index contributed by atoms with van der Waals surface area (Å²) >= 11 is 0. The Hall–Kier alpha value is -0.120. The van der Waals surface area contributed by atoms with E-state index in [-0.39, 0.29) is 0 Å². The molecule has 3 heteroatoms. The van der Waals surface area contributed by atoms with Crippen molar-refractivity contribution in [3.05, 3.63) is 0 Å². The summed E-state index contributed by atoms with van der Waals surface area (Å²) < 4.78 is 5.84. The van der Waals surface area contributed by atoms with E-state index in [4.69, 9.17) is 4.74 Å². The maximum absolute atomic E-state index is 10.0. The number of hydrogen-bond donors (Lipinski definition) is 1. The van der Waals surface area contributed by atoms with Crippen LogP contribution in [0.2, 0.25) is 0 Å². The van der Waals surface area contributed by atoms with Crippen molar-refractivity contribution in [2.45, 2.75) is 71.5 Å². The molecule has 0 aliphatic carbocycles. The van der Waals surface area contributed by atoms with Gasteiger partial charge in [0.05, 0.1) is 11.7 Å². The molecule has 3 nitrogen and oxygen atoms in total. The van der Waals surface area contributed by atoms with Crippen LogP contribution in [0.5, 0.6) is 0 Å². The first-order valence-electron chi connectivity index (χ1n) is 8.03. The summed E-state index contributed by atoms with van der Waals surface area (Å²) in [5.74, 6) is 0.463. The highest BCUT2D eigenvalue weighted by atomic mass is 16.5. The summed E-state index contributed by atoms with van der Waals surface area (Å²) in [5, 5.41) is 10.0. The molecule has 0 radical (unpaired) electrons. The maximum atomic E-state index is 10.0. The highest BCUT2D eigenvalue weighted by molar-refractivity contribution is 4.82. The number of nitrogens with zero attached hydrogens (tertiary/aromatic N) is 1. The van der Waals surface area contributed by atoms with Crippen LogP contribution in [-0.4, -0.2) is 48.0 Å². The summed E-state index contributed by atoms with van der Waals surface area (Å²) in [6.45, 7) is 12.5.